The van der Waals surface area contributed by atoms with E-state index in [1.165, 1.54) is 51.4 Å². The molecule has 5 N–H and O–H groups in total. The molecule has 0 radical (unpaired) electrons. The summed E-state index contributed by atoms with van der Waals surface area (Å²) in [6.07, 6.45) is 20.9. The van der Waals surface area contributed by atoms with E-state index in [-0.39, 0.29) is 63.2 Å². The summed E-state index contributed by atoms with van der Waals surface area (Å²) in [5, 5.41) is 32.1. The summed E-state index contributed by atoms with van der Waals surface area (Å²) in [5.74, 6) is -3.93. The van der Waals surface area contributed by atoms with Crippen LogP contribution in [-0.4, -0.2) is 123 Å². The van der Waals surface area contributed by atoms with Gasteiger partial charge in [-0.2, -0.15) is 0 Å². The number of hydrogen-bond acceptors (Lipinski definition) is 11. The van der Waals surface area contributed by atoms with Crippen molar-refractivity contribution < 1.29 is 69.3 Å². The quantitative estimate of drug-likeness (QED) is 0.0371. The molecule has 0 bridgehead atoms. The number of hydrogen-bond donors (Lipinski definition) is 5. The molecule has 16 nitrogen and oxygen atoms in total. The van der Waals surface area contributed by atoms with E-state index < -0.39 is 23.8 Å². The van der Waals surface area contributed by atoms with Crippen molar-refractivity contribution in [3.63, 3.8) is 0 Å². The van der Waals surface area contributed by atoms with Gasteiger partial charge in [0.05, 0.1) is 38.3 Å². The smallest absolute Gasteiger partial charge is 0.306 e. The third kappa shape index (κ3) is 46.0. The van der Waals surface area contributed by atoms with Crippen molar-refractivity contribution in [3.8, 4) is 0 Å². The normalized spacial score (nSPS) is 11.9. The average Bonchev–Trinajstić information content (AvgIpc) is 3.23. The largest absolute Gasteiger partial charge is 0.481 e. The van der Waals surface area contributed by atoms with Crippen LogP contribution in [0.2, 0.25) is 0 Å². The Kier molecular flexibility index (Phi) is 44.5. The van der Waals surface area contributed by atoms with Crippen molar-refractivity contribution in [2.75, 3.05) is 66.4 Å². The predicted octanol–water partition coefficient (Wildman–Crippen LogP) is 7.56. The number of carboxylic acids is 3. The van der Waals surface area contributed by atoms with Crippen molar-refractivity contribution in [2.24, 2.45) is 11.8 Å². The molecule has 62 heavy (non-hydrogen) atoms. The maximum Gasteiger partial charge on any atom is 0.306 e. The van der Waals surface area contributed by atoms with Gasteiger partial charge in [0.2, 0.25) is 11.8 Å². The van der Waals surface area contributed by atoms with E-state index in [0.29, 0.717) is 78.2 Å². The summed E-state index contributed by atoms with van der Waals surface area (Å²) in [7, 11) is 1.58. The summed E-state index contributed by atoms with van der Waals surface area (Å²) < 4.78 is 20.5. The Morgan fingerprint density at radius 2 is 1.02 bits per heavy atom. The van der Waals surface area contributed by atoms with Crippen molar-refractivity contribution in [3.05, 3.63) is 0 Å². The molecule has 0 aliphatic heterocycles. The Bertz CT molecular complexity index is 1180. The summed E-state index contributed by atoms with van der Waals surface area (Å²) in [4.78, 5) is 79.3. The lowest BCUT2D eigenvalue weighted by Crippen LogP contribution is -2.29. The number of nitrogens with one attached hydrogen (secondary N) is 2. The van der Waals surface area contributed by atoms with E-state index in [2.05, 4.69) is 10.6 Å². The molecule has 0 aromatic heterocycles. The number of carbonyl (C=O) groups excluding carboxylic acids is 4. The second-order valence-electron chi connectivity index (χ2n) is 15.9. The lowest BCUT2D eigenvalue weighted by atomic mass is 9.94. The molecule has 0 spiro atoms. The second kappa shape index (κ2) is 45.6. The average molecular weight is 891 g/mol. The molecule has 0 saturated heterocycles. The zero-order valence-electron chi connectivity index (χ0n) is 38.5. The van der Waals surface area contributed by atoms with Crippen LogP contribution in [-0.2, 0) is 52.5 Å². The highest BCUT2D eigenvalue weighted by Crippen LogP contribution is 2.17. The molecule has 0 rings (SSSR count). The van der Waals surface area contributed by atoms with Gasteiger partial charge in [-0.3, -0.25) is 33.6 Å². The van der Waals surface area contributed by atoms with Crippen molar-refractivity contribution >= 4 is 41.3 Å². The maximum atomic E-state index is 12.1. The fourth-order valence-electron chi connectivity index (χ4n) is 6.20. The first-order valence-electron chi connectivity index (χ1n) is 23.3. The minimum atomic E-state index is -0.993. The molecule has 16 heteroatoms. The fourth-order valence-corrected chi connectivity index (χ4v) is 6.20. The Morgan fingerprint density at radius 1 is 0.500 bits per heavy atom. The predicted molar refractivity (Wildman–Crippen MR) is 239 cm³/mol. The Hall–Kier alpha value is -3.47. The van der Waals surface area contributed by atoms with Crippen LogP contribution >= 0.6 is 0 Å². The Balaban J connectivity index is -0.00000115. The molecule has 0 aromatic carbocycles. The third-order valence-electron chi connectivity index (χ3n) is 10.1. The number of Topliss-reactive ketones (excluding diaryl/α,β-unsaturated/α-hetero) is 2. The van der Waals surface area contributed by atoms with Crippen LogP contribution in [0.25, 0.3) is 0 Å². The molecule has 0 aliphatic carbocycles. The van der Waals surface area contributed by atoms with Crippen LogP contribution in [0, 0.1) is 11.8 Å². The van der Waals surface area contributed by atoms with Crippen LogP contribution in [0.1, 0.15) is 176 Å². The molecule has 0 aliphatic rings. The molecule has 364 valence electrons. The monoisotopic (exact) mass is 891 g/mol. The topological polar surface area (TPSA) is 241 Å². The zero-order chi connectivity index (χ0) is 46.5. The number of methoxy groups -OCH3 is 1. The van der Waals surface area contributed by atoms with Crippen LogP contribution in [0.3, 0.4) is 0 Å². The molecular weight excluding hydrogens is 805 g/mol. The van der Waals surface area contributed by atoms with E-state index >= 15 is 0 Å². The first-order chi connectivity index (χ1) is 29.8. The summed E-state index contributed by atoms with van der Waals surface area (Å²) in [6, 6.07) is 0. The van der Waals surface area contributed by atoms with Crippen molar-refractivity contribution in [1.82, 2.24) is 10.6 Å². The van der Waals surface area contributed by atoms with E-state index in [9.17, 15) is 38.7 Å². The van der Waals surface area contributed by atoms with Gasteiger partial charge in [-0.25, -0.2) is 0 Å². The van der Waals surface area contributed by atoms with Gasteiger partial charge in [0, 0.05) is 60.3 Å². The number of rotatable bonds is 45. The molecule has 0 aromatic rings. The van der Waals surface area contributed by atoms with Gasteiger partial charge in [0.25, 0.3) is 0 Å². The standard InChI is InChI=1S/C27H49NO6.C19H35NO8.H2/c1-2-21-28-25(30)20-19-23(27(33)34)22-24(29)17-15-13-11-9-7-5-3-4-6-8-10-12-14-16-18-26(31)32;1-16(19(23)24)6-3-4-8-20-18(22)15-28-13-12-26-9-5-7-17(21)14-27-11-10-25-2;/h23H,2-22H2,1H3,(H,28,30)(H,31,32)(H,33,34);16H,3-15H2,1-2H3,(H,20,22)(H,23,24);1H/t23-;16-;/m10./s1. The Labute approximate surface area is 373 Å². The van der Waals surface area contributed by atoms with Gasteiger partial charge >= 0.3 is 17.9 Å². The molecule has 2 amide bonds. The number of carbonyl (C=O) groups is 7. The van der Waals surface area contributed by atoms with Crippen LogP contribution in [0.4, 0.5) is 0 Å². The number of unbranched alkanes of at least 4 members (excludes halogenated alkanes) is 14. The first kappa shape index (κ1) is 60.6. The lowest BCUT2D eigenvalue weighted by Gasteiger charge is -2.11. The molecule has 0 fully saturated rings. The third-order valence-corrected chi connectivity index (χ3v) is 10.1. The maximum absolute atomic E-state index is 12.1. The van der Waals surface area contributed by atoms with Gasteiger partial charge in [-0.05, 0) is 44.9 Å². The minimum absolute atomic E-state index is 0. The summed E-state index contributed by atoms with van der Waals surface area (Å²) in [6.45, 7) is 6.79. The van der Waals surface area contributed by atoms with Crippen LogP contribution in [0.5, 0.6) is 0 Å². The van der Waals surface area contributed by atoms with Crippen molar-refractivity contribution in [2.45, 2.75) is 174 Å². The highest BCUT2D eigenvalue weighted by atomic mass is 16.5. The number of ketones is 2. The van der Waals surface area contributed by atoms with Gasteiger partial charge < -0.3 is 44.9 Å². The molecule has 0 saturated carbocycles. The summed E-state index contributed by atoms with van der Waals surface area (Å²) >= 11 is 0. The Morgan fingerprint density at radius 3 is 1.56 bits per heavy atom. The van der Waals surface area contributed by atoms with E-state index in [1.807, 2.05) is 6.92 Å². The minimum Gasteiger partial charge on any atom is -0.481 e. The molecule has 0 unspecified atom stereocenters. The van der Waals surface area contributed by atoms with Gasteiger partial charge in [0.15, 0.2) is 5.78 Å². The van der Waals surface area contributed by atoms with E-state index in [0.717, 1.165) is 57.8 Å². The number of amides is 2. The van der Waals surface area contributed by atoms with Crippen molar-refractivity contribution in [1.29, 1.82) is 0 Å². The van der Waals surface area contributed by atoms with E-state index in [1.54, 1.807) is 14.0 Å². The number of carboxylic acid groups (broad SMARTS) is 3. The zero-order valence-corrected chi connectivity index (χ0v) is 38.5. The molecule has 0 heterocycles. The van der Waals surface area contributed by atoms with Crippen LogP contribution in [0.15, 0.2) is 0 Å². The highest BCUT2D eigenvalue weighted by molar-refractivity contribution is 5.84. The van der Waals surface area contributed by atoms with Gasteiger partial charge in [-0.1, -0.05) is 97.3 Å². The number of ether oxygens (including phenoxy) is 4. The fraction of sp³-hybridized carbons (Fsp3) is 0.848. The van der Waals surface area contributed by atoms with Gasteiger partial charge in [0.1, 0.15) is 19.0 Å². The SMILES string of the molecule is CCCNC(=O)CC[C@H](CC(=O)CCCCCCCCCCCCCCCCC(=O)O)C(=O)O.COCCOCC(=O)CCCOCCOCC(=O)NCCCC[C@H](C)C(=O)O.[HH]. The van der Waals surface area contributed by atoms with E-state index in [4.69, 9.17) is 29.2 Å². The van der Waals surface area contributed by atoms with Gasteiger partial charge in [-0.15, -0.1) is 0 Å². The second-order valence-corrected chi connectivity index (χ2v) is 15.9. The summed E-state index contributed by atoms with van der Waals surface area (Å²) in [5.41, 5.74) is 0. The lowest BCUT2D eigenvalue weighted by molar-refractivity contribution is -0.144. The van der Waals surface area contributed by atoms with Crippen LogP contribution < -0.4 is 10.6 Å². The highest BCUT2D eigenvalue weighted by Gasteiger charge is 2.22. The molecular formula is C46H86N2O14. The molecule has 2 atom stereocenters. The number of aliphatic carboxylic acids is 3. The first-order valence-corrected chi connectivity index (χ1v) is 23.3.